The van der Waals surface area contributed by atoms with Gasteiger partial charge in [-0.15, -0.1) is 0 Å². The van der Waals surface area contributed by atoms with Crippen molar-refractivity contribution >= 4 is 5.91 Å². The van der Waals surface area contributed by atoms with Crippen LogP contribution in [0.25, 0.3) is 5.69 Å². The molecule has 6 nitrogen and oxygen atoms in total. The summed E-state index contributed by atoms with van der Waals surface area (Å²) in [5, 5.41) is 2.92. The van der Waals surface area contributed by atoms with Crippen molar-refractivity contribution in [1.29, 1.82) is 0 Å². The number of carbonyl (C=O) groups is 1. The fourth-order valence-electron chi connectivity index (χ4n) is 2.54. The minimum absolute atomic E-state index is 0.135. The minimum atomic E-state index is -0.135. The van der Waals surface area contributed by atoms with Gasteiger partial charge < -0.3 is 14.6 Å². The zero-order valence-electron chi connectivity index (χ0n) is 13.4. The topological polar surface area (TPSA) is 59.4 Å². The first-order chi connectivity index (χ1) is 11.2. The summed E-state index contributed by atoms with van der Waals surface area (Å²) in [5.41, 5.74) is 2.64. The van der Waals surface area contributed by atoms with Crippen molar-refractivity contribution in [3.63, 3.8) is 0 Å². The number of rotatable bonds is 5. The minimum Gasteiger partial charge on any atom is -0.379 e. The van der Waals surface area contributed by atoms with Gasteiger partial charge in [0.25, 0.3) is 5.91 Å². The van der Waals surface area contributed by atoms with Crippen molar-refractivity contribution in [2.24, 2.45) is 0 Å². The van der Waals surface area contributed by atoms with Gasteiger partial charge in [0.15, 0.2) is 0 Å². The number of nitrogens with zero attached hydrogens (tertiary/aromatic N) is 3. The molecular weight excluding hydrogens is 292 g/mol. The van der Waals surface area contributed by atoms with Crippen LogP contribution >= 0.6 is 0 Å². The van der Waals surface area contributed by atoms with Crippen LogP contribution in [-0.2, 0) is 4.74 Å². The van der Waals surface area contributed by atoms with Gasteiger partial charge >= 0.3 is 0 Å². The first-order valence-corrected chi connectivity index (χ1v) is 7.92. The van der Waals surface area contributed by atoms with Crippen LogP contribution in [0.5, 0.6) is 0 Å². The molecule has 0 radical (unpaired) electrons. The molecular formula is C17H22N4O2. The molecule has 1 N–H and O–H groups in total. The fourth-order valence-corrected chi connectivity index (χ4v) is 2.54. The largest absolute Gasteiger partial charge is 0.379 e. The van der Waals surface area contributed by atoms with Crippen molar-refractivity contribution < 1.29 is 9.53 Å². The van der Waals surface area contributed by atoms with Gasteiger partial charge in [-0.05, 0) is 19.1 Å². The van der Waals surface area contributed by atoms with Gasteiger partial charge in [-0.1, -0.05) is 17.7 Å². The van der Waals surface area contributed by atoms with Crippen LogP contribution in [0.4, 0.5) is 0 Å². The van der Waals surface area contributed by atoms with Gasteiger partial charge in [0.2, 0.25) is 0 Å². The number of imidazole rings is 1. The zero-order valence-corrected chi connectivity index (χ0v) is 13.4. The summed E-state index contributed by atoms with van der Waals surface area (Å²) < 4.78 is 7.16. The summed E-state index contributed by atoms with van der Waals surface area (Å²) >= 11 is 0. The Balaban J connectivity index is 1.52. The predicted molar refractivity (Wildman–Crippen MR) is 87.9 cm³/mol. The molecule has 1 aliphatic heterocycles. The van der Waals surface area contributed by atoms with Gasteiger partial charge in [0.05, 0.1) is 13.2 Å². The SMILES string of the molecule is Cc1ccc(-n2cnc(C(=O)NCCN3CCOCC3)c2)cc1. The summed E-state index contributed by atoms with van der Waals surface area (Å²) in [5.74, 6) is -0.135. The standard InChI is InChI=1S/C17H22N4O2/c1-14-2-4-15(5-3-14)21-12-16(19-13-21)17(22)18-6-7-20-8-10-23-11-9-20/h2-5,12-13H,6-11H2,1H3,(H,18,22). The number of morpholine rings is 1. The van der Waals surface area contributed by atoms with E-state index in [1.807, 2.05) is 35.8 Å². The third-order valence-corrected chi connectivity index (χ3v) is 3.96. The van der Waals surface area contributed by atoms with Gasteiger partial charge in [-0.25, -0.2) is 4.98 Å². The molecule has 1 aromatic carbocycles. The number of aryl methyl sites for hydroxylation is 1. The molecule has 1 aromatic heterocycles. The number of amides is 1. The lowest BCUT2D eigenvalue weighted by Crippen LogP contribution is -2.41. The van der Waals surface area contributed by atoms with E-state index in [1.54, 1.807) is 12.5 Å². The van der Waals surface area contributed by atoms with Crippen LogP contribution in [0.1, 0.15) is 16.1 Å². The van der Waals surface area contributed by atoms with E-state index in [0.29, 0.717) is 12.2 Å². The smallest absolute Gasteiger partial charge is 0.271 e. The number of carbonyl (C=O) groups excluding carboxylic acids is 1. The summed E-state index contributed by atoms with van der Waals surface area (Å²) in [4.78, 5) is 18.6. The highest BCUT2D eigenvalue weighted by Gasteiger charge is 2.12. The first-order valence-electron chi connectivity index (χ1n) is 7.92. The molecule has 0 aliphatic carbocycles. The third kappa shape index (κ3) is 4.18. The van der Waals surface area contributed by atoms with Crippen LogP contribution in [0.2, 0.25) is 0 Å². The molecule has 3 rings (SSSR count). The lowest BCUT2D eigenvalue weighted by molar-refractivity contribution is 0.0383. The summed E-state index contributed by atoms with van der Waals surface area (Å²) in [6.07, 6.45) is 3.43. The lowest BCUT2D eigenvalue weighted by atomic mass is 10.2. The Bertz CT molecular complexity index is 645. The van der Waals surface area contributed by atoms with E-state index in [2.05, 4.69) is 15.2 Å². The molecule has 0 unspecified atom stereocenters. The summed E-state index contributed by atoms with van der Waals surface area (Å²) in [7, 11) is 0. The number of hydrogen-bond donors (Lipinski definition) is 1. The van der Waals surface area contributed by atoms with Crippen LogP contribution in [0.3, 0.4) is 0 Å². The summed E-state index contributed by atoms with van der Waals surface area (Å²) in [6.45, 7) is 6.91. The predicted octanol–water partition coefficient (Wildman–Crippen LogP) is 1.24. The Kier molecular flexibility index (Phi) is 5.05. The second kappa shape index (κ2) is 7.39. The van der Waals surface area contributed by atoms with Crippen molar-refractivity contribution in [1.82, 2.24) is 19.8 Å². The first kappa shape index (κ1) is 15.7. The molecule has 0 spiro atoms. The lowest BCUT2D eigenvalue weighted by Gasteiger charge is -2.26. The van der Waals surface area contributed by atoms with Crippen molar-refractivity contribution in [2.75, 3.05) is 39.4 Å². The van der Waals surface area contributed by atoms with Crippen molar-refractivity contribution in [3.8, 4) is 5.69 Å². The molecule has 1 amide bonds. The number of hydrogen-bond acceptors (Lipinski definition) is 4. The van der Waals surface area contributed by atoms with E-state index in [9.17, 15) is 4.79 Å². The second-order valence-corrected chi connectivity index (χ2v) is 5.71. The molecule has 1 fully saturated rings. The Morgan fingerprint density at radius 1 is 1.26 bits per heavy atom. The fraction of sp³-hybridized carbons (Fsp3) is 0.412. The Labute approximate surface area is 136 Å². The third-order valence-electron chi connectivity index (χ3n) is 3.96. The van der Waals surface area contributed by atoms with Gasteiger partial charge in [-0.2, -0.15) is 0 Å². The van der Waals surface area contributed by atoms with E-state index in [-0.39, 0.29) is 5.91 Å². The average molecular weight is 314 g/mol. The molecule has 2 heterocycles. The Morgan fingerprint density at radius 2 is 2.00 bits per heavy atom. The highest BCUT2D eigenvalue weighted by molar-refractivity contribution is 5.92. The maximum Gasteiger partial charge on any atom is 0.271 e. The van der Waals surface area contributed by atoms with Crippen LogP contribution in [0, 0.1) is 6.92 Å². The molecule has 1 saturated heterocycles. The van der Waals surface area contributed by atoms with E-state index in [4.69, 9.17) is 4.74 Å². The molecule has 1 aliphatic rings. The van der Waals surface area contributed by atoms with Crippen LogP contribution < -0.4 is 5.32 Å². The summed E-state index contributed by atoms with van der Waals surface area (Å²) in [6, 6.07) is 8.10. The van der Waals surface area contributed by atoms with Gasteiger partial charge in [0, 0.05) is 38.1 Å². The molecule has 23 heavy (non-hydrogen) atoms. The molecule has 0 atom stereocenters. The zero-order chi connectivity index (χ0) is 16.1. The number of benzene rings is 1. The van der Waals surface area contributed by atoms with Crippen LogP contribution in [-0.4, -0.2) is 59.8 Å². The monoisotopic (exact) mass is 314 g/mol. The van der Waals surface area contributed by atoms with Gasteiger partial charge in [0.1, 0.15) is 12.0 Å². The maximum absolute atomic E-state index is 12.2. The van der Waals surface area contributed by atoms with Crippen molar-refractivity contribution in [2.45, 2.75) is 6.92 Å². The van der Waals surface area contributed by atoms with Crippen LogP contribution in [0.15, 0.2) is 36.8 Å². The van der Waals surface area contributed by atoms with Crippen molar-refractivity contribution in [3.05, 3.63) is 48.0 Å². The van der Waals surface area contributed by atoms with E-state index in [0.717, 1.165) is 38.5 Å². The number of ether oxygens (including phenoxy) is 1. The molecule has 2 aromatic rings. The average Bonchev–Trinajstić information content (AvgIpc) is 3.06. The maximum atomic E-state index is 12.2. The molecule has 6 heteroatoms. The van der Waals surface area contributed by atoms with Gasteiger partial charge in [-0.3, -0.25) is 9.69 Å². The molecule has 0 bridgehead atoms. The highest BCUT2D eigenvalue weighted by atomic mass is 16.5. The number of aromatic nitrogens is 2. The number of nitrogens with one attached hydrogen (secondary N) is 1. The highest BCUT2D eigenvalue weighted by Crippen LogP contribution is 2.10. The van der Waals surface area contributed by atoms with E-state index < -0.39 is 0 Å². The Morgan fingerprint density at radius 3 is 2.74 bits per heavy atom. The van der Waals surface area contributed by atoms with E-state index in [1.165, 1.54) is 5.56 Å². The van der Waals surface area contributed by atoms with E-state index >= 15 is 0 Å². The second-order valence-electron chi connectivity index (χ2n) is 5.71. The molecule has 122 valence electrons. The molecule has 0 saturated carbocycles. The normalized spacial score (nSPS) is 15.5. The quantitative estimate of drug-likeness (QED) is 0.902. The Hall–Kier alpha value is -2.18.